The largest absolute Gasteiger partial charge is 0.497 e. The summed E-state index contributed by atoms with van der Waals surface area (Å²) < 4.78 is 24.8. The maximum absolute atomic E-state index is 13.1. The Hall–Kier alpha value is -3.68. The summed E-state index contributed by atoms with van der Waals surface area (Å²) in [6, 6.07) is 14.1. The van der Waals surface area contributed by atoms with Gasteiger partial charge in [-0.3, -0.25) is 9.59 Å². The summed E-state index contributed by atoms with van der Waals surface area (Å²) in [4.78, 5) is 24.3. The molecule has 0 saturated heterocycles. The van der Waals surface area contributed by atoms with Gasteiger partial charge in [-0.15, -0.1) is 0 Å². The number of aromatic nitrogens is 2. The molecule has 7 nitrogen and oxygen atoms in total. The van der Waals surface area contributed by atoms with E-state index in [0.29, 0.717) is 22.8 Å². The monoisotopic (exact) mass is 411 g/mol. The molecule has 156 valence electrons. The van der Waals surface area contributed by atoms with Crippen LogP contribution in [0.2, 0.25) is 0 Å². The number of aryl methyl sites for hydroxylation is 1. The molecule has 0 aliphatic heterocycles. The molecule has 0 radical (unpaired) electrons. The van der Waals surface area contributed by atoms with Crippen LogP contribution in [0.4, 0.5) is 4.39 Å². The molecule has 0 aliphatic carbocycles. The number of methoxy groups -OCH3 is 2. The molecule has 0 atom stereocenters. The predicted octanol–water partition coefficient (Wildman–Crippen LogP) is 2.77. The fourth-order valence-corrected chi connectivity index (χ4v) is 2.87. The van der Waals surface area contributed by atoms with Crippen LogP contribution in [-0.4, -0.2) is 29.9 Å². The highest BCUT2D eigenvalue weighted by atomic mass is 19.1. The summed E-state index contributed by atoms with van der Waals surface area (Å²) >= 11 is 0. The van der Waals surface area contributed by atoms with Crippen LogP contribution >= 0.6 is 0 Å². The quantitative estimate of drug-likeness (QED) is 0.616. The maximum Gasteiger partial charge on any atom is 0.266 e. The average Bonchev–Trinajstić information content (AvgIpc) is 2.77. The summed E-state index contributed by atoms with van der Waals surface area (Å²) in [5.41, 5.74) is 1.70. The van der Waals surface area contributed by atoms with E-state index in [-0.39, 0.29) is 36.8 Å². The number of amides is 1. The smallest absolute Gasteiger partial charge is 0.266 e. The van der Waals surface area contributed by atoms with Gasteiger partial charge >= 0.3 is 0 Å². The van der Waals surface area contributed by atoms with Crippen LogP contribution in [0, 0.1) is 5.82 Å². The average molecular weight is 411 g/mol. The van der Waals surface area contributed by atoms with Crippen molar-refractivity contribution in [1.82, 2.24) is 15.1 Å². The Morgan fingerprint density at radius 3 is 2.53 bits per heavy atom. The normalized spacial score (nSPS) is 10.5. The molecule has 0 spiro atoms. The standard InChI is InChI=1S/C22H22FN3O4/c1-29-18-8-5-16(20(13-18)30-2)14-24-21(27)11-12-26-22(28)10-9-19(25-26)15-3-6-17(23)7-4-15/h3-10,13H,11-12,14H2,1-2H3,(H,24,27). The summed E-state index contributed by atoms with van der Waals surface area (Å²) in [5, 5.41) is 7.09. The number of nitrogens with one attached hydrogen (secondary N) is 1. The Morgan fingerprint density at radius 2 is 1.83 bits per heavy atom. The van der Waals surface area contributed by atoms with Crippen LogP contribution in [0.1, 0.15) is 12.0 Å². The lowest BCUT2D eigenvalue weighted by atomic mass is 10.1. The van der Waals surface area contributed by atoms with Crippen molar-refractivity contribution in [3.63, 3.8) is 0 Å². The molecule has 1 heterocycles. The van der Waals surface area contributed by atoms with Gasteiger partial charge in [0.05, 0.1) is 26.5 Å². The molecular weight excluding hydrogens is 389 g/mol. The molecule has 30 heavy (non-hydrogen) atoms. The van der Waals surface area contributed by atoms with Crippen LogP contribution in [-0.2, 0) is 17.9 Å². The molecule has 3 rings (SSSR count). The highest BCUT2D eigenvalue weighted by Crippen LogP contribution is 2.24. The van der Waals surface area contributed by atoms with E-state index in [1.807, 2.05) is 6.07 Å². The first-order valence-corrected chi connectivity index (χ1v) is 9.32. The third kappa shape index (κ3) is 5.22. The van der Waals surface area contributed by atoms with Crippen molar-refractivity contribution in [3.8, 4) is 22.8 Å². The minimum Gasteiger partial charge on any atom is -0.497 e. The van der Waals surface area contributed by atoms with Crippen molar-refractivity contribution in [2.45, 2.75) is 19.5 Å². The molecular formula is C22H22FN3O4. The fraction of sp³-hybridized carbons (Fsp3) is 0.227. The van der Waals surface area contributed by atoms with Gasteiger partial charge in [-0.05, 0) is 42.5 Å². The zero-order valence-corrected chi connectivity index (χ0v) is 16.7. The van der Waals surface area contributed by atoms with Crippen molar-refractivity contribution in [1.29, 1.82) is 0 Å². The molecule has 0 bridgehead atoms. The molecule has 8 heteroatoms. The molecule has 2 aromatic carbocycles. The topological polar surface area (TPSA) is 82.5 Å². The van der Waals surface area contributed by atoms with E-state index in [9.17, 15) is 14.0 Å². The van der Waals surface area contributed by atoms with E-state index in [1.54, 1.807) is 44.6 Å². The molecule has 1 amide bonds. The second-order valence-corrected chi connectivity index (χ2v) is 6.49. The van der Waals surface area contributed by atoms with Crippen molar-refractivity contribution in [2.75, 3.05) is 14.2 Å². The fourth-order valence-electron chi connectivity index (χ4n) is 2.87. The van der Waals surface area contributed by atoms with Gasteiger partial charge in [0, 0.05) is 36.2 Å². The number of hydrogen-bond donors (Lipinski definition) is 1. The molecule has 0 fully saturated rings. The molecule has 0 saturated carbocycles. The number of rotatable bonds is 8. The van der Waals surface area contributed by atoms with Crippen LogP contribution in [0.15, 0.2) is 59.4 Å². The van der Waals surface area contributed by atoms with Gasteiger partial charge in [0.25, 0.3) is 5.56 Å². The number of ether oxygens (including phenoxy) is 2. The first-order valence-electron chi connectivity index (χ1n) is 9.32. The second-order valence-electron chi connectivity index (χ2n) is 6.49. The minimum atomic E-state index is -0.350. The van der Waals surface area contributed by atoms with E-state index < -0.39 is 0 Å². The zero-order valence-electron chi connectivity index (χ0n) is 16.7. The highest BCUT2D eigenvalue weighted by Gasteiger charge is 2.09. The molecule has 1 aromatic heterocycles. The maximum atomic E-state index is 13.1. The van der Waals surface area contributed by atoms with E-state index in [0.717, 1.165) is 5.56 Å². The van der Waals surface area contributed by atoms with E-state index >= 15 is 0 Å². The Morgan fingerprint density at radius 1 is 1.07 bits per heavy atom. The lowest BCUT2D eigenvalue weighted by molar-refractivity contribution is -0.121. The Balaban J connectivity index is 1.61. The summed E-state index contributed by atoms with van der Waals surface area (Å²) in [7, 11) is 3.11. The van der Waals surface area contributed by atoms with Crippen molar-refractivity contribution in [2.24, 2.45) is 0 Å². The first-order chi connectivity index (χ1) is 14.5. The predicted molar refractivity (Wildman–Crippen MR) is 110 cm³/mol. The van der Waals surface area contributed by atoms with Gasteiger partial charge < -0.3 is 14.8 Å². The number of carbonyl (C=O) groups excluding carboxylic acids is 1. The summed E-state index contributed by atoms with van der Waals surface area (Å²) in [6.07, 6.45) is 0.0816. The van der Waals surface area contributed by atoms with Gasteiger partial charge in [0.2, 0.25) is 5.91 Å². The highest BCUT2D eigenvalue weighted by molar-refractivity contribution is 5.75. The van der Waals surface area contributed by atoms with Crippen molar-refractivity contribution < 1.29 is 18.7 Å². The molecule has 3 aromatic rings. The lowest BCUT2D eigenvalue weighted by Gasteiger charge is -2.12. The van der Waals surface area contributed by atoms with Gasteiger partial charge in [0.1, 0.15) is 17.3 Å². The molecule has 0 aliphatic rings. The van der Waals surface area contributed by atoms with Gasteiger partial charge in [0.15, 0.2) is 0 Å². The Kier molecular flexibility index (Phi) is 6.79. The SMILES string of the molecule is COc1ccc(CNC(=O)CCn2nc(-c3ccc(F)cc3)ccc2=O)c(OC)c1. The number of benzene rings is 2. The lowest BCUT2D eigenvalue weighted by Crippen LogP contribution is -2.28. The van der Waals surface area contributed by atoms with Crippen molar-refractivity contribution in [3.05, 3.63) is 76.3 Å². The van der Waals surface area contributed by atoms with Crippen molar-refractivity contribution >= 4 is 5.91 Å². The third-order valence-corrected chi connectivity index (χ3v) is 4.53. The van der Waals surface area contributed by atoms with E-state index in [1.165, 1.54) is 22.9 Å². The zero-order chi connectivity index (χ0) is 21.5. The summed E-state index contributed by atoms with van der Waals surface area (Å²) in [6.45, 7) is 0.406. The van der Waals surface area contributed by atoms with E-state index in [4.69, 9.17) is 9.47 Å². The Labute approximate surface area is 173 Å². The summed E-state index contributed by atoms with van der Waals surface area (Å²) in [5.74, 6) is 0.693. The first kappa shape index (κ1) is 21.0. The van der Waals surface area contributed by atoms with E-state index in [2.05, 4.69) is 10.4 Å². The number of nitrogens with zero attached hydrogens (tertiary/aromatic N) is 2. The molecule has 0 unspecified atom stereocenters. The van der Waals surface area contributed by atoms with Crippen LogP contribution in [0.5, 0.6) is 11.5 Å². The van der Waals surface area contributed by atoms with Crippen LogP contribution < -0.4 is 20.3 Å². The number of carbonyl (C=O) groups is 1. The minimum absolute atomic E-state index is 0.0816. The third-order valence-electron chi connectivity index (χ3n) is 4.53. The number of hydrogen-bond acceptors (Lipinski definition) is 5. The molecule has 1 N–H and O–H groups in total. The Bertz CT molecular complexity index is 1080. The van der Waals surface area contributed by atoms with Gasteiger partial charge in [-0.1, -0.05) is 0 Å². The second kappa shape index (κ2) is 9.69. The van der Waals surface area contributed by atoms with Gasteiger partial charge in [-0.25, -0.2) is 9.07 Å². The van der Waals surface area contributed by atoms with Gasteiger partial charge in [-0.2, -0.15) is 5.10 Å². The van der Waals surface area contributed by atoms with Crippen LogP contribution in [0.3, 0.4) is 0 Å². The number of halogens is 1. The van der Waals surface area contributed by atoms with Crippen LogP contribution in [0.25, 0.3) is 11.3 Å².